The van der Waals surface area contributed by atoms with Crippen molar-refractivity contribution in [2.24, 2.45) is 5.92 Å². The number of fused-ring (bicyclic) bond motifs is 2. The molecule has 1 atom stereocenters. The largest absolute Gasteiger partial charge is 0.497 e. The number of benzene rings is 2. The fourth-order valence-electron chi connectivity index (χ4n) is 4.76. The lowest BCUT2D eigenvalue weighted by atomic mass is 9.84. The van der Waals surface area contributed by atoms with Gasteiger partial charge in [0.05, 0.1) is 24.9 Å². The van der Waals surface area contributed by atoms with Gasteiger partial charge in [-0.15, -0.1) is 11.8 Å². The Bertz CT molecular complexity index is 1100. The van der Waals surface area contributed by atoms with Crippen molar-refractivity contribution in [1.29, 1.82) is 0 Å². The molecule has 0 N–H and O–H groups in total. The number of thioether (sulfide) groups is 1. The quantitative estimate of drug-likeness (QED) is 0.637. The monoisotopic (exact) mass is 476 g/mol. The van der Waals surface area contributed by atoms with Crippen LogP contribution < -0.4 is 9.64 Å². The van der Waals surface area contributed by atoms with E-state index in [0.29, 0.717) is 34.9 Å². The van der Waals surface area contributed by atoms with Crippen LogP contribution in [0.2, 0.25) is 0 Å². The molecule has 0 radical (unpaired) electrons. The van der Waals surface area contributed by atoms with Crippen molar-refractivity contribution in [2.75, 3.05) is 24.3 Å². The number of amides is 2. The van der Waals surface area contributed by atoms with E-state index in [1.807, 2.05) is 0 Å². The lowest BCUT2D eigenvalue weighted by molar-refractivity contribution is -0.145. The summed E-state index contributed by atoms with van der Waals surface area (Å²) in [5.74, 6) is 0.937. The summed E-state index contributed by atoms with van der Waals surface area (Å²) in [6.45, 7) is 0.598. The molecule has 0 unspecified atom stereocenters. The predicted octanol–water partition coefficient (Wildman–Crippen LogP) is 4.79. The maximum absolute atomic E-state index is 14.0. The zero-order valence-electron chi connectivity index (χ0n) is 18.0. The molecule has 1 saturated heterocycles. The van der Waals surface area contributed by atoms with Crippen molar-refractivity contribution in [1.82, 2.24) is 4.90 Å². The highest BCUT2D eigenvalue weighted by Crippen LogP contribution is 2.56. The lowest BCUT2D eigenvalue weighted by Crippen LogP contribution is -2.52. The Morgan fingerprint density at radius 2 is 1.91 bits per heavy atom. The molecule has 3 aliphatic rings. The fraction of sp³-hybridized carbons (Fsp3) is 0.417. The minimum Gasteiger partial charge on any atom is -0.497 e. The molecule has 9 heteroatoms. The molecule has 2 aromatic rings. The van der Waals surface area contributed by atoms with Crippen molar-refractivity contribution in [2.45, 2.75) is 36.9 Å². The van der Waals surface area contributed by atoms with E-state index in [2.05, 4.69) is 0 Å². The van der Waals surface area contributed by atoms with E-state index in [4.69, 9.17) is 4.74 Å². The van der Waals surface area contributed by atoms with E-state index in [9.17, 15) is 22.8 Å². The first-order valence-electron chi connectivity index (χ1n) is 10.9. The number of carbonyl (C=O) groups is 2. The van der Waals surface area contributed by atoms with Crippen LogP contribution in [0.1, 0.15) is 36.0 Å². The molecule has 1 aliphatic carbocycles. The molecule has 1 spiro atoms. The van der Waals surface area contributed by atoms with Crippen molar-refractivity contribution >= 4 is 29.3 Å². The van der Waals surface area contributed by atoms with Crippen LogP contribution in [0.3, 0.4) is 0 Å². The van der Waals surface area contributed by atoms with Gasteiger partial charge in [0.1, 0.15) is 5.75 Å². The van der Waals surface area contributed by atoms with Gasteiger partial charge < -0.3 is 14.5 Å². The number of nitrogens with zero attached hydrogens (tertiary/aromatic N) is 2. The molecule has 5 rings (SSSR count). The number of alkyl halides is 3. The second kappa shape index (κ2) is 7.97. The number of rotatable bonds is 4. The SMILES string of the molecule is COc1ccc2c(c1)[C@]1(SCCN1C(=O)C1CCC1)C(=O)N2Cc1ccc(C(F)(F)F)cc1. The summed E-state index contributed by atoms with van der Waals surface area (Å²) in [7, 11) is 1.55. The number of anilines is 1. The summed E-state index contributed by atoms with van der Waals surface area (Å²) in [6, 6.07) is 10.2. The van der Waals surface area contributed by atoms with Gasteiger partial charge in [0, 0.05) is 23.8 Å². The Labute approximate surface area is 193 Å². The molecule has 2 aliphatic heterocycles. The molecular formula is C24H23F3N2O3S. The topological polar surface area (TPSA) is 49.9 Å². The van der Waals surface area contributed by atoms with Crippen molar-refractivity contribution in [3.63, 3.8) is 0 Å². The van der Waals surface area contributed by atoms with Gasteiger partial charge in [-0.05, 0) is 48.7 Å². The summed E-state index contributed by atoms with van der Waals surface area (Å²) < 4.78 is 44.3. The van der Waals surface area contributed by atoms with Crippen molar-refractivity contribution in [3.8, 4) is 5.75 Å². The lowest BCUT2D eigenvalue weighted by Gasteiger charge is -2.37. The fourth-order valence-corrected chi connectivity index (χ4v) is 6.22. The molecule has 5 nitrogen and oxygen atoms in total. The van der Waals surface area contributed by atoms with Gasteiger partial charge in [-0.1, -0.05) is 18.6 Å². The van der Waals surface area contributed by atoms with E-state index in [0.717, 1.165) is 31.4 Å². The minimum atomic E-state index is -4.42. The average Bonchev–Trinajstić information content (AvgIpc) is 3.29. The summed E-state index contributed by atoms with van der Waals surface area (Å²) in [4.78, 5) is 29.4. The highest BCUT2D eigenvalue weighted by molar-refractivity contribution is 8.01. The van der Waals surface area contributed by atoms with Gasteiger partial charge in [-0.2, -0.15) is 13.2 Å². The van der Waals surface area contributed by atoms with Crippen LogP contribution in [0.15, 0.2) is 42.5 Å². The Hall–Kier alpha value is -2.68. The van der Waals surface area contributed by atoms with Crippen LogP contribution in [0.4, 0.5) is 18.9 Å². The first kappa shape index (κ1) is 22.1. The number of hydrogen-bond acceptors (Lipinski definition) is 4. The average molecular weight is 477 g/mol. The van der Waals surface area contributed by atoms with Gasteiger partial charge >= 0.3 is 6.18 Å². The molecule has 2 amide bonds. The second-order valence-electron chi connectivity index (χ2n) is 8.58. The van der Waals surface area contributed by atoms with Crippen LogP contribution in [-0.2, 0) is 27.2 Å². The van der Waals surface area contributed by atoms with Crippen molar-refractivity contribution < 1.29 is 27.5 Å². The molecule has 174 valence electrons. The first-order chi connectivity index (χ1) is 15.8. The number of carbonyl (C=O) groups excluding carboxylic acids is 2. The van der Waals surface area contributed by atoms with E-state index in [1.165, 1.54) is 23.9 Å². The van der Waals surface area contributed by atoms with E-state index >= 15 is 0 Å². The number of halogens is 3. The predicted molar refractivity (Wildman–Crippen MR) is 119 cm³/mol. The standard InChI is InChI=1S/C24H23F3N2O3S/c1-32-18-9-10-20-19(13-18)23(29(11-12-33-23)21(30)16-3-2-4-16)22(31)28(20)14-15-5-7-17(8-6-15)24(25,26)27/h5-10,13,16H,2-4,11-12,14H2,1H3/t23-/m0/s1. The second-order valence-corrected chi connectivity index (χ2v) is 9.87. The van der Waals surface area contributed by atoms with Gasteiger partial charge in [-0.25, -0.2) is 0 Å². The van der Waals surface area contributed by atoms with Gasteiger partial charge in [0.2, 0.25) is 5.91 Å². The Balaban J connectivity index is 1.53. The maximum Gasteiger partial charge on any atom is 0.416 e. The van der Waals surface area contributed by atoms with Crippen LogP contribution in [-0.4, -0.2) is 36.1 Å². The van der Waals surface area contributed by atoms with Gasteiger partial charge in [0.25, 0.3) is 5.91 Å². The third-order valence-electron chi connectivity index (χ3n) is 6.74. The molecule has 0 aromatic heterocycles. The smallest absolute Gasteiger partial charge is 0.416 e. The van der Waals surface area contributed by atoms with E-state index < -0.39 is 16.6 Å². The number of ether oxygens (including phenoxy) is 1. The van der Waals surface area contributed by atoms with E-state index in [-0.39, 0.29) is 24.3 Å². The normalized spacial score (nSPS) is 22.6. The van der Waals surface area contributed by atoms with Crippen LogP contribution >= 0.6 is 11.8 Å². The van der Waals surface area contributed by atoms with Crippen LogP contribution in [0, 0.1) is 5.92 Å². The van der Waals surface area contributed by atoms with Gasteiger partial charge in [0.15, 0.2) is 4.87 Å². The third kappa shape index (κ3) is 3.48. The summed E-state index contributed by atoms with van der Waals surface area (Å²) in [6.07, 6.45) is -1.73. The van der Waals surface area contributed by atoms with Crippen LogP contribution in [0.25, 0.3) is 0 Å². The molecular weight excluding hydrogens is 453 g/mol. The molecule has 0 bridgehead atoms. The van der Waals surface area contributed by atoms with Crippen molar-refractivity contribution in [3.05, 3.63) is 59.2 Å². The molecule has 2 heterocycles. The molecule has 33 heavy (non-hydrogen) atoms. The molecule has 2 fully saturated rings. The van der Waals surface area contributed by atoms with Crippen LogP contribution in [0.5, 0.6) is 5.75 Å². The zero-order chi connectivity index (χ0) is 23.4. The first-order valence-corrected chi connectivity index (χ1v) is 11.9. The number of hydrogen-bond donors (Lipinski definition) is 0. The summed E-state index contributed by atoms with van der Waals surface area (Å²) in [5, 5.41) is 0. The Morgan fingerprint density at radius 3 is 2.52 bits per heavy atom. The summed E-state index contributed by atoms with van der Waals surface area (Å²) in [5.41, 5.74) is 1.20. The molecule has 1 saturated carbocycles. The number of methoxy groups -OCH3 is 1. The highest BCUT2D eigenvalue weighted by atomic mass is 32.2. The van der Waals surface area contributed by atoms with E-state index in [1.54, 1.807) is 35.1 Å². The van der Waals surface area contributed by atoms with Gasteiger partial charge in [-0.3, -0.25) is 9.59 Å². The highest BCUT2D eigenvalue weighted by Gasteiger charge is 2.60. The maximum atomic E-state index is 14.0. The Kier molecular flexibility index (Phi) is 5.34. The molecule has 2 aromatic carbocycles. The summed E-state index contributed by atoms with van der Waals surface area (Å²) >= 11 is 1.44. The minimum absolute atomic E-state index is 0.00440. The zero-order valence-corrected chi connectivity index (χ0v) is 18.8. The third-order valence-corrected chi connectivity index (χ3v) is 8.16. The Morgan fingerprint density at radius 1 is 1.18 bits per heavy atom.